The second-order valence-electron chi connectivity index (χ2n) is 4.79. The Bertz CT molecular complexity index is 757. The molecule has 0 saturated carbocycles. The fourth-order valence-corrected chi connectivity index (χ4v) is 1.98. The fourth-order valence-electron chi connectivity index (χ4n) is 1.98. The highest BCUT2D eigenvalue weighted by atomic mass is 16.6. The first kappa shape index (κ1) is 16.5. The number of imidazole rings is 1. The molecule has 0 amide bonds. The zero-order valence-electron chi connectivity index (χ0n) is 12.3. The van der Waals surface area contributed by atoms with Crippen LogP contribution >= 0.6 is 0 Å². The Hall–Kier alpha value is -2.88. The summed E-state index contributed by atoms with van der Waals surface area (Å²) in [5.41, 5.74) is 4.91. The van der Waals surface area contributed by atoms with Gasteiger partial charge in [-0.25, -0.2) is 9.79 Å². The molecule has 2 rings (SSSR count). The smallest absolute Gasteiger partial charge is 0.433 e. The number of hydrogen-bond donors (Lipinski definition) is 3. The molecule has 2 aromatic heterocycles. The quantitative estimate of drug-likeness (QED) is 0.288. The summed E-state index contributed by atoms with van der Waals surface area (Å²) in [6, 6.07) is 2.55. The van der Waals surface area contributed by atoms with Gasteiger partial charge in [0, 0.05) is 6.54 Å². The van der Waals surface area contributed by atoms with Gasteiger partial charge < -0.3 is 15.3 Å². The van der Waals surface area contributed by atoms with Crippen molar-refractivity contribution < 1.29 is 14.4 Å². The van der Waals surface area contributed by atoms with E-state index in [1.165, 1.54) is 22.9 Å². The topological polar surface area (TPSA) is 153 Å². The molecule has 2 heterocycles. The molecule has 23 heavy (non-hydrogen) atoms. The van der Waals surface area contributed by atoms with Crippen molar-refractivity contribution in [2.45, 2.75) is 25.8 Å². The van der Waals surface area contributed by atoms with Gasteiger partial charge in [-0.05, 0) is 25.5 Å². The second kappa shape index (κ2) is 7.40. The minimum atomic E-state index is -0.672. The van der Waals surface area contributed by atoms with E-state index in [4.69, 9.17) is 10.2 Å². The van der Waals surface area contributed by atoms with Crippen LogP contribution in [0.15, 0.2) is 26.3 Å². The van der Waals surface area contributed by atoms with E-state index in [9.17, 15) is 20.0 Å². The maximum atomic E-state index is 11.8. The number of furan rings is 1. The molecule has 0 aliphatic rings. The molecule has 0 unspecified atom stereocenters. The number of aromatic amines is 1. The summed E-state index contributed by atoms with van der Waals surface area (Å²) in [5, 5.41) is 20.5. The molecule has 0 fully saturated rings. The second-order valence-corrected chi connectivity index (χ2v) is 4.79. The predicted octanol–water partition coefficient (Wildman–Crippen LogP) is 1.26. The monoisotopic (exact) mass is 323 g/mol. The van der Waals surface area contributed by atoms with E-state index in [2.05, 4.69) is 9.98 Å². The Morgan fingerprint density at radius 3 is 2.87 bits per heavy atom. The highest BCUT2D eigenvalue weighted by Gasteiger charge is 2.13. The first-order valence-electron chi connectivity index (χ1n) is 7.03. The number of aliphatic imine (C=N–C) groups is 1. The maximum absolute atomic E-state index is 11.8. The molecule has 0 spiro atoms. The lowest BCUT2D eigenvalue weighted by Crippen LogP contribution is -2.16. The van der Waals surface area contributed by atoms with Crippen molar-refractivity contribution in [1.29, 1.82) is 0 Å². The van der Waals surface area contributed by atoms with Crippen molar-refractivity contribution in [2.24, 2.45) is 10.7 Å². The van der Waals surface area contributed by atoms with Gasteiger partial charge in [0.1, 0.15) is 4.92 Å². The van der Waals surface area contributed by atoms with Crippen molar-refractivity contribution in [3.63, 3.8) is 0 Å². The minimum absolute atomic E-state index is 0.0344. The van der Waals surface area contributed by atoms with Crippen LogP contribution in [0.4, 0.5) is 11.7 Å². The molecule has 4 N–H and O–H groups in total. The van der Waals surface area contributed by atoms with Gasteiger partial charge in [-0.2, -0.15) is 0 Å². The van der Waals surface area contributed by atoms with E-state index in [0.717, 1.165) is 12.8 Å². The lowest BCUT2D eigenvalue weighted by atomic mass is 10.2. The third-order valence-electron chi connectivity index (χ3n) is 3.14. The van der Waals surface area contributed by atoms with Crippen molar-refractivity contribution in [3.05, 3.63) is 38.5 Å². The van der Waals surface area contributed by atoms with E-state index in [1.807, 2.05) is 0 Å². The maximum Gasteiger partial charge on any atom is 0.433 e. The third kappa shape index (κ3) is 4.07. The number of hydrogen-bond acceptors (Lipinski definition) is 7. The Morgan fingerprint density at radius 2 is 2.22 bits per heavy atom. The molecular weight excluding hydrogens is 306 g/mol. The van der Waals surface area contributed by atoms with Crippen LogP contribution in [0.2, 0.25) is 0 Å². The van der Waals surface area contributed by atoms with E-state index < -0.39 is 16.5 Å². The zero-order chi connectivity index (χ0) is 16.8. The van der Waals surface area contributed by atoms with Gasteiger partial charge in [0.25, 0.3) is 0 Å². The summed E-state index contributed by atoms with van der Waals surface area (Å²) < 4.78 is 6.07. The number of nitrogens with one attached hydrogen (secondary N) is 1. The number of aromatic hydroxyl groups is 1. The number of H-pyrrole nitrogens is 1. The van der Waals surface area contributed by atoms with E-state index in [-0.39, 0.29) is 17.5 Å². The highest BCUT2D eigenvalue weighted by molar-refractivity contribution is 5.79. The average Bonchev–Trinajstić information content (AvgIpc) is 3.08. The van der Waals surface area contributed by atoms with E-state index in [1.54, 1.807) is 0 Å². The largest absolute Gasteiger partial charge is 0.492 e. The summed E-state index contributed by atoms with van der Waals surface area (Å²) in [7, 11) is 0. The van der Waals surface area contributed by atoms with Crippen molar-refractivity contribution in [3.8, 4) is 5.88 Å². The minimum Gasteiger partial charge on any atom is -0.492 e. The standard InChI is InChI=1S/C13H17N5O5/c14-6-2-1-3-7-17-12(19)11(16-13(17)20)15-8-9-4-5-10(23-9)18(21)22/h4-5,8,19H,1-3,6-7,14H2,(H,16,20). The molecule has 0 bridgehead atoms. The van der Waals surface area contributed by atoms with Gasteiger partial charge in [-0.1, -0.05) is 6.42 Å². The fraction of sp³-hybridized carbons (Fsp3) is 0.385. The molecule has 0 saturated heterocycles. The molecule has 0 aliphatic heterocycles. The number of rotatable bonds is 8. The Balaban J connectivity index is 2.09. The van der Waals surface area contributed by atoms with Crippen LogP contribution in [0, 0.1) is 10.1 Å². The molecule has 10 nitrogen and oxygen atoms in total. The molecule has 2 aromatic rings. The summed E-state index contributed by atoms with van der Waals surface area (Å²) >= 11 is 0. The Morgan fingerprint density at radius 1 is 1.43 bits per heavy atom. The van der Waals surface area contributed by atoms with E-state index >= 15 is 0 Å². The lowest BCUT2D eigenvalue weighted by Gasteiger charge is -2.02. The van der Waals surface area contributed by atoms with Crippen molar-refractivity contribution in [2.75, 3.05) is 6.54 Å². The van der Waals surface area contributed by atoms with Gasteiger partial charge in [0.15, 0.2) is 11.6 Å². The molecule has 0 aromatic carbocycles. The van der Waals surface area contributed by atoms with Crippen molar-refractivity contribution >= 4 is 17.9 Å². The molecule has 124 valence electrons. The normalized spacial score (nSPS) is 11.3. The summed E-state index contributed by atoms with van der Waals surface area (Å²) in [4.78, 5) is 27.9. The van der Waals surface area contributed by atoms with Crippen LogP contribution in [0.5, 0.6) is 5.88 Å². The van der Waals surface area contributed by atoms with Gasteiger partial charge in [0.2, 0.25) is 5.88 Å². The molecule has 0 atom stereocenters. The predicted molar refractivity (Wildman–Crippen MR) is 82.2 cm³/mol. The van der Waals surface area contributed by atoms with Crippen molar-refractivity contribution in [1.82, 2.24) is 9.55 Å². The molecule has 0 aliphatic carbocycles. The summed E-state index contributed by atoms with van der Waals surface area (Å²) in [6.45, 7) is 0.932. The van der Waals surface area contributed by atoms with Gasteiger partial charge in [-0.15, -0.1) is 0 Å². The first-order valence-corrected chi connectivity index (χ1v) is 7.03. The SMILES string of the molecule is NCCCCCn1c(O)c(N=Cc2ccc([N+](=O)[O-])o2)[nH]c1=O. The van der Waals surface area contributed by atoms with Gasteiger partial charge >= 0.3 is 11.6 Å². The Kier molecular flexibility index (Phi) is 5.31. The first-order chi connectivity index (χ1) is 11.0. The van der Waals surface area contributed by atoms with Gasteiger partial charge in [0.05, 0.1) is 12.3 Å². The number of nitro groups is 1. The van der Waals surface area contributed by atoms with Crippen LogP contribution < -0.4 is 11.4 Å². The van der Waals surface area contributed by atoms with E-state index in [0.29, 0.717) is 19.5 Å². The van der Waals surface area contributed by atoms with Crippen LogP contribution in [0.1, 0.15) is 25.0 Å². The zero-order valence-corrected chi connectivity index (χ0v) is 12.3. The third-order valence-corrected chi connectivity index (χ3v) is 3.14. The van der Waals surface area contributed by atoms with Crippen LogP contribution in [0.25, 0.3) is 0 Å². The number of unbranched alkanes of at least 4 members (excludes halogenated alkanes) is 2. The van der Waals surface area contributed by atoms with Crippen LogP contribution in [-0.4, -0.2) is 32.3 Å². The summed E-state index contributed by atoms with van der Waals surface area (Å²) in [6.07, 6.45) is 3.58. The highest BCUT2D eigenvalue weighted by Crippen LogP contribution is 2.22. The van der Waals surface area contributed by atoms with Crippen LogP contribution in [-0.2, 0) is 6.54 Å². The summed E-state index contributed by atoms with van der Waals surface area (Å²) in [5.74, 6) is -0.609. The van der Waals surface area contributed by atoms with Crippen LogP contribution in [0.3, 0.4) is 0 Å². The molecular formula is C13H17N5O5. The number of aromatic nitrogens is 2. The lowest BCUT2D eigenvalue weighted by molar-refractivity contribution is -0.402. The Labute approximate surface area is 130 Å². The number of nitrogens with zero attached hydrogens (tertiary/aromatic N) is 3. The molecule has 10 heteroatoms. The average molecular weight is 323 g/mol. The van der Waals surface area contributed by atoms with Gasteiger partial charge in [-0.3, -0.25) is 19.7 Å². The molecule has 0 radical (unpaired) electrons. The number of nitrogens with two attached hydrogens (primary N) is 1.